The molecule has 152 valence electrons. The van der Waals surface area contributed by atoms with Gasteiger partial charge in [0.2, 0.25) is 5.88 Å². The van der Waals surface area contributed by atoms with Crippen molar-refractivity contribution >= 4 is 17.5 Å². The molecule has 1 atom stereocenters. The summed E-state index contributed by atoms with van der Waals surface area (Å²) in [5.41, 5.74) is 1.61. The number of methoxy groups -OCH3 is 1. The van der Waals surface area contributed by atoms with Crippen LogP contribution in [0.1, 0.15) is 31.1 Å². The van der Waals surface area contributed by atoms with Crippen molar-refractivity contribution in [1.82, 2.24) is 10.3 Å². The molecule has 0 unspecified atom stereocenters. The van der Waals surface area contributed by atoms with Crippen LogP contribution in [0.2, 0.25) is 5.02 Å². The molecule has 7 heteroatoms. The summed E-state index contributed by atoms with van der Waals surface area (Å²) in [5.74, 6) is 0.102. The van der Waals surface area contributed by atoms with Crippen molar-refractivity contribution in [2.75, 3.05) is 26.9 Å². The number of benzene rings is 1. The van der Waals surface area contributed by atoms with Crippen LogP contribution in [0.3, 0.4) is 0 Å². The van der Waals surface area contributed by atoms with Crippen LogP contribution in [0.4, 0.5) is 0 Å². The number of halogens is 1. The van der Waals surface area contributed by atoms with E-state index in [1.807, 2.05) is 32.9 Å². The number of carbonyl (C=O) groups excluding carboxylic acids is 1. The number of nitrogens with one attached hydrogen (secondary N) is 1. The second-order valence-electron chi connectivity index (χ2n) is 7.50. The maximum Gasteiger partial charge on any atom is 0.253 e. The van der Waals surface area contributed by atoms with Crippen molar-refractivity contribution in [2.45, 2.75) is 26.8 Å². The topological polar surface area (TPSA) is 80.7 Å². The molecule has 0 fully saturated rings. The summed E-state index contributed by atoms with van der Waals surface area (Å²) >= 11 is 5.99. The van der Waals surface area contributed by atoms with Crippen LogP contribution in [-0.2, 0) is 4.74 Å². The molecule has 1 aromatic carbocycles. The van der Waals surface area contributed by atoms with E-state index >= 15 is 0 Å². The van der Waals surface area contributed by atoms with E-state index in [4.69, 9.17) is 21.1 Å². The van der Waals surface area contributed by atoms with Crippen LogP contribution in [0, 0.1) is 5.41 Å². The lowest BCUT2D eigenvalue weighted by atomic mass is 9.87. The SMILES string of the molecule is COCCOc1ncc(C(=O)N[C@H](CO)C(C)(C)C)cc1-c1ccc(Cl)cc1. The summed E-state index contributed by atoms with van der Waals surface area (Å²) in [5, 5.41) is 13.1. The maximum atomic E-state index is 12.7. The third-order valence-corrected chi connectivity index (χ3v) is 4.58. The molecule has 1 heterocycles. The Balaban J connectivity index is 2.34. The van der Waals surface area contributed by atoms with Gasteiger partial charge in [-0.05, 0) is 29.2 Å². The Morgan fingerprint density at radius 3 is 2.50 bits per heavy atom. The number of aliphatic hydroxyl groups is 1. The number of carbonyl (C=O) groups is 1. The Kier molecular flexibility index (Phi) is 7.80. The Hall–Kier alpha value is -2.15. The number of rotatable bonds is 8. The summed E-state index contributed by atoms with van der Waals surface area (Å²) in [6, 6.07) is 8.57. The molecule has 0 saturated carbocycles. The molecule has 0 spiro atoms. The summed E-state index contributed by atoms with van der Waals surface area (Å²) in [4.78, 5) is 17.1. The van der Waals surface area contributed by atoms with Crippen LogP contribution in [-0.4, -0.2) is 49.0 Å². The fourth-order valence-electron chi connectivity index (χ4n) is 2.53. The number of pyridine rings is 1. The fourth-order valence-corrected chi connectivity index (χ4v) is 2.65. The Morgan fingerprint density at radius 1 is 1.25 bits per heavy atom. The number of aliphatic hydroxyl groups excluding tert-OH is 1. The Bertz CT molecular complexity index is 788. The average molecular weight is 407 g/mol. The molecule has 0 radical (unpaired) electrons. The van der Waals surface area contributed by atoms with E-state index in [0.29, 0.717) is 35.2 Å². The number of ether oxygens (including phenoxy) is 2. The third kappa shape index (κ3) is 5.92. The molecule has 1 amide bonds. The molecule has 0 aliphatic carbocycles. The van der Waals surface area contributed by atoms with Gasteiger partial charge in [-0.1, -0.05) is 44.5 Å². The first-order valence-corrected chi connectivity index (χ1v) is 9.43. The standard InChI is InChI=1S/C21H27ClN2O4/c1-21(2,3)18(13-25)24-19(26)15-11-17(14-5-7-16(22)8-6-14)20(23-12-15)28-10-9-27-4/h5-8,11-12,18,25H,9-10,13H2,1-4H3,(H,24,26)/t18-/m1/s1. The highest BCUT2D eigenvalue weighted by atomic mass is 35.5. The number of amides is 1. The summed E-state index contributed by atoms with van der Waals surface area (Å²) in [6.45, 7) is 6.49. The van der Waals surface area contributed by atoms with Gasteiger partial charge in [-0.3, -0.25) is 4.79 Å². The first kappa shape index (κ1) is 22.1. The van der Waals surface area contributed by atoms with E-state index in [0.717, 1.165) is 5.56 Å². The van der Waals surface area contributed by atoms with Gasteiger partial charge in [0.25, 0.3) is 5.91 Å². The predicted octanol–water partition coefficient (Wildman–Crippen LogP) is 3.56. The first-order chi connectivity index (χ1) is 13.3. The van der Waals surface area contributed by atoms with Gasteiger partial charge in [-0.2, -0.15) is 0 Å². The van der Waals surface area contributed by atoms with Gasteiger partial charge in [0, 0.05) is 23.9 Å². The molecule has 0 bridgehead atoms. The van der Waals surface area contributed by atoms with Gasteiger partial charge in [-0.15, -0.1) is 0 Å². The third-order valence-electron chi connectivity index (χ3n) is 4.33. The second kappa shape index (κ2) is 9.87. The lowest BCUT2D eigenvalue weighted by Gasteiger charge is -2.29. The largest absolute Gasteiger partial charge is 0.475 e. The highest BCUT2D eigenvalue weighted by Crippen LogP contribution is 2.30. The molecule has 2 N–H and O–H groups in total. The summed E-state index contributed by atoms with van der Waals surface area (Å²) in [7, 11) is 1.59. The zero-order valence-corrected chi connectivity index (χ0v) is 17.4. The fraction of sp³-hybridized carbons (Fsp3) is 0.429. The van der Waals surface area contributed by atoms with Crippen molar-refractivity contribution in [3.63, 3.8) is 0 Å². The monoisotopic (exact) mass is 406 g/mol. The van der Waals surface area contributed by atoms with E-state index in [9.17, 15) is 9.90 Å². The molecular weight excluding hydrogens is 380 g/mol. The summed E-state index contributed by atoms with van der Waals surface area (Å²) in [6.07, 6.45) is 1.47. The highest BCUT2D eigenvalue weighted by molar-refractivity contribution is 6.30. The van der Waals surface area contributed by atoms with E-state index in [2.05, 4.69) is 10.3 Å². The Labute approximate surface area is 170 Å². The summed E-state index contributed by atoms with van der Waals surface area (Å²) < 4.78 is 10.7. The molecule has 2 aromatic rings. The van der Waals surface area contributed by atoms with Gasteiger partial charge >= 0.3 is 0 Å². The van der Waals surface area contributed by atoms with E-state index in [1.54, 1.807) is 25.3 Å². The number of hydrogen-bond acceptors (Lipinski definition) is 5. The normalized spacial score (nSPS) is 12.5. The van der Waals surface area contributed by atoms with Crippen molar-refractivity contribution in [3.8, 4) is 17.0 Å². The lowest BCUT2D eigenvalue weighted by molar-refractivity contribution is 0.0847. The van der Waals surface area contributed by atoms with Crippen molar-refractivity contribution in [3.05, 3.63) is 47.1 Å². The van der Waals surface area contributed by atoms with Crippen LogP contribution < -0.4 is 10.1 Å². The maximum absolute atomic E-state index is 12.7. The van der Waals surface area contributed by atoms with Crippen molar-refractivity contribution < 1.29 is 19.4 Å². The molecular formula is C21H27ClN2O4. The van der Waals surface area contributed by atoms with Crippen LogP contribution in [0.25, 0.3) is 11.1 Å². The van der Waals surface area contributed by atoms with Crippen LogP contribution in [0.15, 0.2) is 36.5 Å². The number of nitrogens with zero attached hydrogens (tertiary/aromatic N) is 1. The lowest BCUT2D eigenvalue weighted by Crippen LogP contribution is -2.46. The van der Waals surface area contributed by atoms with Crippen molar-refractivity contribution in [1.29, 1.82) is 0 Å². The first-order valence-electron chi connectivity index (χ1n) is 9.05. The minimum absolute atomic E-state index is 0.148. The van der Waals surface area contributed by atoms with Crippen molar-refractivity contribution in [2.24, 2.45) is 5.41 Å². The van der Waals surface area contributed by atoms with E-state index < -0.39 is 0 Å². The minimum Gasteiger partial charge on any atom is -0.475 e. The van der Waals surface area contributed by atoms with Gasteiger partial charge < -0.3 is 19.9 Å². The van der Waals surface area contributed by atoms with E-state index in [1.165, 1.54) is 6.20 Å². The van der Waals surface area contributed by atoms with E-state index in [-0.39, 0.29) is 24.0 Å². The highest BCUT2D eigenvalue weighted by Gasteiger charge is 2.26. The molecule has 0 aliphatic rings. The molecule has 0 saturated heterocycles. The smallest absolute Gasteiger partial charge is 0.253 e. The Morgan fingerprint density at radius 2 is 1.93 bits per heavy atom. The predicted molar refractivity (Wildman–Crippen MR) is 110 cm³/mol. The molecule has 1 aromatic heterocycles. The molecule has 2 rings (SSSR count). The average Bonchev–Trinajstić information content (AvgIpc) is 2.66. The molecule has 0 aliphatic heterocycles. The molecule has 6 nitrogen and oxygen atoms in total. The van der Waals surface area contributed by atoms with Gasteiger partial charge in [0.1, 0.15) is 6.61 Å². The number of aromatic nitrogens is 1. The van der Waals surface area contributed by atoms with Gasteiger partial charge in [0.05, 0.1) is 24.8 Å². The van der Waals surface area contributed by atoms with Crippen LogP contribution >= 0.6 is 11.6 Å². The minimum atomic E-state index is -0.378. The second-order valence-corrected chi connectivity index (χ2v) is 7.94. The molecule has 28 heavy (non-hydrogen) atoms. The van der Waals surface area contributed by atoms with Crippen LogP contribution in [0.5, 0.6) is 5.88 Å². The van der Waals surface area contributed by atoms with Gasteiger partial charge in [0.15, 0.2) is 0 Å². The zero-order chi connectivity index (χ0) is 20.7. The number of hydrogen-bond donors (Lipinski definition) is 2. The zero-order valence-electron chi connectivity index (χ0n) is 16.7. The van der Waals surface area contributed by atoms with Gasteiger partial charge in [-0.25, -0.2) is 4.98 Å². The quantitative estimate of drug-likeness (QED) is 0.655.